The van der Waals surface area contributed by atoms with E-state index < -0.39 is 6.15 Å². The fourth-order valence-corrected chi connectivity index (χ4v) is 6.02. The van der Waals surface area contributed by atoms with E-state index in [2.05, 4.69) is 121 Å². The van der Waals surface area contributed by atoms with Gasteiger partial charge in [-0.05, 0) is 24.3 Å². The molecule has 0 N–H and O–H groups in total. The molecule has 0 aliphatic rings. The van der Waals surface area contributed by atoms with Crippen LogP contribution in [0, 0.1) is 0 Å². The van der Waals surface area contributed by atoms with Crippen LogP contribution in [-0.2, 0) is 0 Å². The van der Waals surface area contributed by atoms with Crippen molar-refractivity contribution in [1.82, 2.24) is 0 Å². The number of anilines is 2. The molecule has 0 radical (unpaired) electrons. The van der Waals surface area contributed by atoms with Gasteiger partial charge < -0.3 is 9.80 Å². The number of carbonyl (C=O) groups excluding carboxylic acids is 1. The highest BCUT2D eigenvalue weighted by atomic mass is 16.2. The van der Waals surface area contributed by atoms with Gasteiger partial charge in [-0.1, -0.05) is 121 Å². The van der Waals surface area contributed by atoms with Gasteiger partial charge in [0.1, 0.15) is 6.15 Å². The predicted molar refractivity (Wildman–Crippen MR) is 192 cm³/mol. The molecule has 0 amide bonds. The van der Waals surface area contributed by atoms with E-state index in [-0.39, 0.29) is 5.91 Å². The number of hydrogen-bond donors (Lipinski definition) is 0. The van der Waals surface area contributed by atoms with E-state index in [0.29, 0.717) is 5.56 Å². The zero-order chi connectivity index (χ0) is 31.6. The monoisotopic (exact) mass is 589 g/mol. The summed E-state index contributed by atoms with van der Waals surface area (Å²) in [5, 5.41) is 0. The van der Waals surface area contributed by atoms with Crippen molar-refractivity contribution in [2.24, 2.45) is 0 Å². The number of benzene rings is 5. The van der Waals surface area contributed by atoms with Gasteiger partial charge in [0.25, 0.3) is 0 Å². The zero-order valence-electron chi connectivity index (χ0n) is 26.5. The molecule has 0 fully saturated rings. The maximum absolute atomic E-state index is 12.3. The van der Waals surface area contributed by atoms with Gasteiger partial charge in [0, 0.05) is 51.7 Å². The minimum Gasteiger partial charge on any atom is -0.378 e. The molecule has 1 aromatic heterocycles. The number of nitrogens with zero attached hydrogens (tertiary/aromatic N) is 3. The molecule has 0 unspecified atom stereocenters. The molecule has 0 saturated heterocycles. The fraction of sp³-hybridized carbons (Fsp3) is 0.100. The van der Waals surface area contributed by atoms with E-state index in [1.54, 1.807) is 17.0 Å². The van der Waals surface area contributed by atoms with Gasteiger partial charge in [0.2, 0.25) is 0 Å². The SMILES string of the molecule is CN(C)c1ccc(C(=O)[n+]2ccc(N(C)C)cc2)cc1.c1ccc([B-](c2ccccc2)(c2ccccc2)c2ccccc2)cc1. The van der Waals surface area contributed by atoms with Crippen LogP contribution >= 0.6 is 0 Å². The molecule has 0 aliphatic carbocycles. The lowest BCUT2D eigenvalue weighted by molar-refractivity contribution is -0.570. The van der Waals surface area contributed by atoms with E-state index in [0.717, 1.165) is 11.4 Å². The summed E-state index contributed by atoms with van der Waals surface area (Å²) in [7, 11) is 7.90. The first-order chi connectivity index (χ1) is 21.9. The van der Waals surface area contributed by atoms with Gasteiger partial charge in [0.15, 0.2) is 12.4 Å². The van der Waals surface area contributed by atoms with Gasteiger partial charge in [-0.25, -0.2) is 4.79 Å². The lowest BCUT2D eigenvalue weighted by Crippen LogP contribution is -2.74. The van der Waals surface area contributed by atoms with Crippen molar-refractivity contribution < 1.29 is 9.36 Å². The molecule has 5 aromatic carbocycles. The molecule has 0 bridgehead atoms. The summed E-state index contributed by atoms with van der Waals surface area (Å²) in [5.41, 5.74) is 8.18. The molecule has 6 rings (SSSR count). The quantitative estimate of drug-likeness (QED) is 0.197. The van der Waals surface area contributed by atoms with Crippen LogP contribution < -0.4 is 36.2 Å². The minimum absolute atomic E-state index is 0.0272. The van der Waals surface area contributed by atoms with Crippen molar-refractivity contribution in [2.45, 2.75) is 0 Å². The predicted octanol–water partition coefficient (Wildman–Crippen LogP) is 4.86. The highest BCUT2D eigenvalue weighted by molar-refractivity contribution is 7.19. The Hall–Kier alpha value is -5.42. The summed E-state index contributed by atoms with van der Waals surface area (Å²) in [6.07, 6.45) is 2.36. The second kappa shape index (κ2) is 14.4. The molecular formula is C40H40BN3O. The molecule has 0 saturated carbocycles. The summed E-state index contributed by atoms with van der Waals surface area (Å²) >= 11 is 0. The third kappa shape index (κ3) is 6.89. The highest BCUT2D eigenvalue weighted by Crippen LogP contribution is 2.13. The van der Waals surface area contributed by atoms with Crippen molar-refractivity contribution >= 4 is 45.3 Å². The molecular weight excluding hydrogens is 549 g/mol. The van der Waals surface area contributed by atoms with Crippen molar-refractivity contribution in [3.8, 4) is 0 Å². The van der Waals surface area contributed by atoms with Crippen LogP contribution in [0.15, 0.2) is 170 Å². The topological polar surface area (TPSA) is 27.4 Å². The molecule has 5 heteroatoms. The highest BCUT2D eigenvalue weighted by Gasteiger charge is 2.31. The van der Waals surface area contributed by atoms with E-state index >= 15 is 0 Å². The molecule has 4 nitrogen and oxygen atoms in total. The molecule has 6 aromatic rings. The average molecular weight is 590 g/mol. The molecule has 45 heavy (non-hydrogen) atoms. The van der Waals surface area contributed by atoms with Crippen molar-refractivity contribution in [3.63, 3.8) is 0 Å². The van der Waals surface area contributed by atoms with Gasteiger partial charge in [-0.3, -0.25) is 0 Å². The van der Waals surface area contributed by atoms with E-state index in [1.807, 2.05) is 74.4 Å². The van der Waals surface area contributed by atoms with E-state index in [4.69, 9.17) is 0 Å². The first-order valence-electron chi connectivity index (χ1n) is 15.3. The van der Waals surface area contributed by atoms with Gasteiger partial charge >= 0.3 is 5.91 Å². The summed E-state index contributed by atoms with van der Waals surface area (Å²) in [4.78, 5) is 16.4. The van der Waals surface area contributed by atoms with Crippen LogP contribution in [0.5, 0.6) is 0 Å². The molecule has 0 atom stereocenters. The average Bonchev–Trinajstić information content (AvgIpc) is 3.10. The lowest BCUT2D eigenvalue weighted by atomic mass is 9.13. The standard InChI is InChI=1S/C24H20B.C16H20N3O/c1-5-13-21(14-6-1)25(22-15-7-2-8-16-22,23-17-9-3-10-18-23)24-19-11-4-12-20-24;1-17(2)14-7-5-13(6-8-14)16(20)19-11-9-15(10-12-19)18(3)4/h1-20H;5-12H,1-4H3/q-1;+1. The van der Waals surface area contributed by atoms with Crippen LogP contribution in [0.25, 0.3) is 0 Å². The number of aromatic nitrogens is 1. The second-order valence-corrected chi connectivity index (χ2v) is 11.6. The maximum atomic E-state index is 12.3. The smallest absolute Gasteiger partial charge is 0.378 e. The van der Waals surface area contributed by atoms with Crippen LogP contribution in [0.2, 0.25) is 0 Å². The Balaban J connectivity index is 0.000000183. The second-order valence-electron chi connectivity index (χ2n) is 11.6. The molecule has 0 aliphatic heterocycles. The van der Waals surface area contributed by atoms with Gasteiger partial charge in [0.05, 0.1) is 5.56 Å². The van der Waals surface area contributed by atoms with Crippen LogP contribution in [0.1, 0.15) is 10.4 Å². The largest absolute Gasteiger partial charge is 0.424 e. The third-order valence-electron chi connectivity index (χ3n) is 8.39. The first kappa shape index (κ1) is 31.0. The Labute approximate surface area is 267 Å². The number of pyridine rings is 1. The Kier molecular flexibility index (Phi) is 9.91. The summed E-state index contributed by atoms with van der Waals surface area (Å²) in [5.74, 6) is -0.0272. The normalized spacial score (nSPS) is 10.8. The van der Waals surface area contributed by atoms with Crippen LogP contribution in [-0.4, -0.2) is 40.2 Å². The summed E-state index contributed by atoms with van der Waals surface area (Å²) in [6, 6.07) is 55.0. The summed E-state index contributed by atoms with van der Waals surface area (Å²) < 4.78 is 1.59. The number of rotatable bonds is 7. The Morgan fingerprint density at radius 3 is 1.07 bits per heavy atom. The van der Waals surface area contributed by atoms with Crippen molar-refractivity contribution in [2.75, 3.05) is 38.0 Å². The van der Waals surface area contributed by atoms with Gasteiger partial charge in [-0.2, -0.15) is 21.9 Å². The van der Waals surface area contributed by atoms with Crippen LogP contribution in [0.4, 0.5) is 11.4 Å². The molecule has 1 heterocycles. The third-order valence-corrected chi connectivity index (χ3v) is 8.39. The first-order valence-corrected chi connectivity index (χ1v) is 15.3. The number of carbonyl (C=O) groups is 1. The fourth-order valence-electron chi connectivity index (χ4n) is 6.02. The maximum Gasteiger partial charge on any atom is 0.424 e. The summed E-state index contributed by atoms with van der Waals surface area (Å²) in [6.45, 7) is 0. The minimum atomic E-state index is -1.22. The lowest BCUT2D eigenvalue weighted by Gasteiger charge is -2.44. The Bertz CT molecular complexity index is 1560. The van der Waals surface area contributed by atoms with Gasteiger partial charge in [-0.15, -0.1) is 4.57 Å². The van der Waals surface area contributed by atoms with E-state index in [9.17, 15) is 4.79 Å². The Morgan fingerprint density at radius 2 is 0.756 bits per heavy atom. The van der Waals surface area contributed by atoms with Crippen LogP contribution in [0.3, 0.4) is 0 Å². The molecule has 224 valence electrons. The van der Waals surface area contributed by atoms with E-state index in [1.165, 1.54) is 21.9 Å². The zero-order valence-corrected chi connectivity index (χ0v) is 26.5. The van der Waals surface area contributed by atoms with Crippen molar-refractivity contribution in [1.29, 1.82) is 0 Å². The number of hydrogen-bond acceptors (Lipinski definition) is 3. The van der Waals surface area contributed by atoms with Crippen molar-refractivity contribution in [3.05, 3.63) is 176 Å². The molecule has 0 spiro atoms. The Morgan fingerprint density at radius 1 is 0.444 bits per heavy atom.